The highest BCUT2D eigenvalue weighted by molar-refractivity contribution is 6.42. The highest BCUT2D eigenvalue weighted by Crippen LogP contribution is 2.33. The van der Waals surface area contributed by atoms with Crippen molar-refractivity contribution in [3.63, 3.8) is 0 Å². The highest BCUT2D eigenvalue weighted by atomic mass is 35.5. The van der Waals surface area contributed by atoms with Crippen molar-refractivity contribution in [2.24, 2.45) is 5.92 Å². The Morgan fingerprint density at radius 3 is 2.02 bits per heavy atom. The third-order valence-corrected chi connectivity index (χ3v) is 7.44. The molecule has 7 nitrogen and oxygen atoms in total. The Morgan fingerprint density at radius 2 is 1.51 bits per heavy atom. The number of hydrogen-bond donors (Lipinski definition) is 2. The van der Waals surface area contributed by atoms with Crippen LogP contribution >= 0.6 is 23.2 Å². The number of nitrogens with zero attached hydrogens (tertiary/aromatic N) is 3. The molecule has 222 valence electrons. The van der Waals surface area contributed by atoms with Crippen LogP contribution in [-0.4, -0.2) is 39.7 Å². The fourth-order valence-electron chi connectivity index (χ4n) is 4.55. The van der Waals surface area contributed by atoms with Crippen LogP contribution in [0, 0.1) is 5.92 Å². The summed E-state index contributed by atoms with van der Waals surface area (Å²) in [5.41, 5.74) is 4.15. The molecule has 2 N–H and O–H groups in total. The molecule has 0 atom stereocenters. The molecule has 3 amide bonds. The van der Waals surface area contributed by atoms with Gasteiger partial charge in [-0.3, -0.25) is 4.79 Å². The number of aromatic nitrogens is 2. The van der Waals surface area contributed by atoms with Gasteiger partial charge in [-0.25, -0.2) is 9.48 Å². The minimum Gasteiger partial charge on any atom is -0.315 e. The van der Waals surface area contributed by atoms with Gasteiger partial charge in [-0.15, -0.1) is 0 Å². The first-order valence-corrected chi connectivity index (χ1v) is 14.9. The summed E-state index contributed by atoms with van der Waals surface area (Å²) in [4.78, 5) is 28.7. The predicted octanol–water partition coefficient (Wildman–Crippen LogP) is 8.85. The average molecular weight is 601 g/mol. The first kappa shape index (κ1) is 32.5. The molecule has 0 saturated heterocycles. The Bertz CT molecular complexity index is 1360. The van der Waals surface area contributed by atoms with E-state index in [1.54, 1.807) is 27.8 Å². The zero-order valence-corrected chi connectivity index (χ0v) is 27.1. The second kappa shape index (κ2) is 13.3. The third kappa shape index (κ3) is 8.26. The molecule has 1 aromatic heterocycles. The van der Waals surface area contributed by atoms with E-state index in [1.165, 1.54) is 0 Å². The molecule has 1 heterocycles. The molecule has 0 bridgehead atoms. The van der Waals surface area contributed by atoms with Gasteiger partial charge in [0.25, 0.3) is 0 Å². The monoisotopic (exact) mass is 599 g/mol. The lowest BCUT2D eigenvalue weighted by Gasteiger charge is -2.27. The number of anilines is 2. The highest BCUT2D eigenvalue weighted by Gasteiger charge is 2.25. The van der Waals surface area contributed by atoms with Crippen molar-refractivity contribution in [2.45, 2.75) is 79.6 Å². The van der Waals surface area contributed by atoms with Gasteiger partial charge in [0, 0.05) is 23.7 Å². The molecule has 0 aliphatic heterocycles. The Labute approximate surface area is 254 Å². The van der Waals surface area contributed by atoms with Crippen molar-refractivity contribution in [1.82, 2.24) is 14.7 Å². The van der Waals surface area contributed by atoms with Crippen molar-refractivity contribution < 1.29 is 9.59 Å². The standard InChI is InChI=1S/C32H43Cl2N5O2/c1-19(2)17-38(31(41)36-30-23(20(3)4)11-10-12-24(30)21(5)6)18-29(40)35-28-16-27(32(7,8)9)37-39(28)22-13-14-25(33)26(34)15-22/h10-16,19-21H,17-18H2,1-9H3,(H,35,40)(H,36,41). The normalized spacial score (nSPS) is 11.9. The quantitative estimate of drug-likeness (QED) is 0.258. The van der Waals surface area contributed by atoms with Crippen LogP contribution in [0.4, 0.5) is 16.3 Å². The molecule has 0 spiro atoms. The van der Waals surface area contributed by atoms with Crippen LogP contribution in [0.2, 0.25) is 10.0 Å². The molecule has 0 aliphatic rings. The summed E-state index contributed by atoms with van der Waals surface area (Å²) in [6.45, 7) is 18.9. The lowest BCUT2D eigenvalue weighted by molar-refractivity contribution is -0.116. The van der Waals surface area contributed by atoms with E-state index < -0.39 is 0 Å². The Balaban J connectivity index is 1.91. The smallest absolute Gasteiger partial charge is 0.315 e. The largest absolute Gasteiger partial charge is 0.322 e. The fraction of sp³-hybridized carbons (Fsp3) is 0.469. The van der Waals surface area contributed by atoms with E-state index in [4.69, 9.17) is 28.3 Å². The third-order valence-electron chi connectivity index (χ3n) is 6.71. The topological polar surface area (TPSA) is 79.3 Å². The number of carbonyl (C=O) groups is 2. The number of rotatable bonds is 9. The summed E-state index contributed by atoms with van der Waals surface area (Å²) < 4.78 is 1.64. The van der Waals surface area contributed by atoms with E-state index in [-0.39, 0.29) is 41.7 Å². The number of urea groups is 1. The van der Waals surface area contributed by atoms with Crippen LogP contribution in [0.15, 0.2) is 42.5 Å². The minimum absolute atomic E-state index is 0.123. The van der Waals surface area contributed by atoms with E-state index in [0.717, 1.165) is 22.5 Å². The maximum Gasteiger partial charge on any atom is 0.322 e. The summed E-state index contributed by atoms with van der Waals surface area (Å²) in [5, 5.41) is 11.7. The van der Waals surface area contributed by atoms with E-state index in [1.807, 2.05) is 38.1 Å². The van der Waals surface area contributed by atoms with Crippen LogP contribution in [-0.2, 0) is 10.2 Å². The number of halogens is 2. The summed E-state index contributed by atoms with van der Waals surface area (Å²) in [6, 6.07) is 12.8. The molecular weight excluding hydrogens is 557 g/mol. The van der Waals surface area contributed by atoms with Gasteiger partial charge in [0.1, 0.15) is 12.4 Å². The Kier molecular flexibility index (Phi) is 10.5. The maximum absolute atomic E-state index is 13.7. The van der Waals surface area contributed by atoms with Crippen molar-refractivity contribution in [1.29, 1.82) is 0 Å². The molecule has 2 aromatic carbocycles. The number of nitrogens with one attached hydrogen (secondary N) is 2. The Hall–Kier alpha value is -3.03. The van der Waals surface area contributed by atoms with Crippen molar-refractivity contribution in [3.05, 3.63) is 69.3 Å². The lowest BCUT2D eigenvalue weighted by atomic mass is 9.92. The lowest BCUT2D eigenvalue weighted by Crippen LogP contribution is -2.43. The van der Waals surface area contributed by atoms with Crippen molar-refractivity contribution >= 4 is 46.6 Å². The number of hydrogen-bond acceptors (Lipinski definition) is 3. The van der Waals surface area contributed by atoms with Crippen LogP contribution in [0.5, 0.6) is 0 Å². The zero-order valence-electron chi connectivity index (χ0n) is 25.6. The van der Waals surface area contributed by atoms with Crippen molar-refractivity contribution in [3.8, 4) is 5.69 Å². The fourth-order valence-corrected chi connectivity index (χ4v) is 4.84. The molecule has 3 rings (SSSR count). The summed E-state index contributed by atoms with van der Waals surface area (Å²) >= 11 is 12.4. The molecule has 0 saturated carbocycles. The van der Waals surface area contributed by atoms with Crippen LogP contribution in [0.3, 0.4) is 0 Å². The van der Waals surface area contributed by atoms with Gasteiger partial charge in [-0.05, 0) is 47.1 Å². The summed E-state index contributed by atoms with van der Waals surface area (Å²) in [5.74, 6) is 0.765. The minimum atomic E-state index is -0.330. The van der Waals surface area contributed by atoms with E-state index in [0.29, 0.717) is 28.1 Å². The first-order valence-electron chi connectivity index (χ1n) is 14.1. The first-order chi connectivity index (χ1) is 19.1. The predicted molar refractivity (Wildman–Crippen MR) is 171 cm³/mol. The second-order valence-electron chi connectivity index (χ2n) is 12.5. The van der Waals surface area contributed by atoms with Crippen LogP contribution in [0.1, 0.15) is 91.0 Å². The average Bonchev–Trinajstić information content (AvgIpc) is 3.29. The molecular formula is C32H43Cl2N5O2. The molecule has 0 fully saturated rings. The molecule has 9 heteroatoms. The molecule has 0 aliphatic carbocycles. The molecule has 41 heavy (non-hydrogen) atoms. The maximum atomic E-state index is 13.7. The summed E-state index contributed by atoms with van der Waals surface area (Å²) in [7, 11) is 0. The number of amides is 3. The van der Waals surface area contributed by atoms with Gasteiger partial charge in [0.15, 0.2) is 0 Å². The number of benzene rings is 2. The van der Waals surface area contributed by atoms with Crippen LogP contribution < -0.4 is 10.6 Å². The van der Waals surface area contributed by atoms with E-state index in [9.17, 15) is 9.59 Å². The van der Waals surface area contributed by atoms with E-state index >= 15 is 0 Å². The van der Waals surface area contributed by atoms with Gasteiger partial charge in [-0.2, -0.15) is 5.10 Å². The van der Waals surface area contributed by atoms with Gasteiger partial charge < -0.3 is 15.5 Å². The number of carbonyl (C=O) groups excluding carboxylic acids is 2. The summed E-state index contributed by atoms with van der Waals surface area (Å²) in [6.07, 6.45) is 0. The van der Waals surface area contributed by atoms with Gasteiger partial charge in [0.05, 0.1) is 21.4 Å². The zero-order chi connectivity index (χ0) is 30.6. The molecule has 0 unspecified atom stereocenters. The second-order valence-corrected chi connectivity index (χ2v) is 13.4. The number of para-hydroxylation sites is 1. The van der Waals surface area contributed by atoms with Gasteiger partial charge >= 0.3 is 6.03 Å². The SMILES string of the molecule is CC(C)CN(CC(=O)Nc1cc(C(C)(C)C)nn1-c1ccc(Cl)c(Cl)c1)C(=O)Nc1c(C(C)C)cccc1C(C)C. The van der Waals surface area contributed by atoms with Gasteiger partial charge in [-0.1, -0.05) is 104 Å². The van der Waals surface area contributed by atoms with Gasteiger partial charge in [0.2, 0.25) is 5.91 Å². The van der Waals surface area contributed by atoms with Crippen molar-refractivity contribution in [2.75, 3.05) is 23.7 Å². The van der Waals surface area contributed by atoms with Crippen LogP contribution in [0.25, 0.3) is 5.69 Å². The molecule has 0 radical (unpaired) electrons. The Morgan fingerprint density at radius 1 is 0.902 bits per heavy atom. The van der Waals surface area contributed by atoms with E-state index in [2.05, 4.69) is 59.1 Å². The molecule has 3 aromatic rings.